The van der Waals surface area contributed by atoms with E-state index < -0.39 is 0 Å². The molecule has 0 amide bonds. The van der Waals surface area contributed by atoms with Gasteiger partial charge in [-0.15, -0.1) is 0 Å². The summed E-state index contributed by atoms with van der Waals surface area (Å²) in [6.07, 6.45) is 4.47. The predicted molar refractivity (Wildman–Crippen MR) is 124 cm³/mol. The Hall–Kier alpha value is -3.74. The van der Waals surface area contributed by atoms with Crippen molar-refractivity contribution in [3.05, 3.63) is 66.6 Å². The molecule has 0 N–H and O–H groups in total. The molecule has 5 aromatic rings. The molecule has 0 unspecified atom stereocenters. The van der Waals surface area contributed by atoms with Crippen molar-refractivity contribution < 1.29 is 4.57 Å². The second-order valence-corrected chi connectivity index (χ2v) is 8.36. The van der Waals surface area contributed by atoms with Crippen LogP contribution in [0.4, 0.5) is 11.8 Å². The Kier molecular flexibility index (Phi) is 3.57. The molecule has 0 spiro atoms. The van der Waals surface area contributed by atoms with E-state index in [0.29, 0.717) is 0 Å². The summed E-state index contributed by atoms with van der Waals surface area (Å²) in [5.74, 6) is 3.26. The molecule has 0 fully saturated rings. The number of anilines is 2. The van der Waals surface area contributed by atoms with Gasteiger partial charge in [-0.3, -0.25) is 13.9 Å². The van der Waals surface area contributed by atoms with Gasteiger partial charge in [-0.1, -0.05) is 24.3 Å². The third-order valence-corrected chi connectivity index (χ3v) is 6.69. The molecule has 7 nitrogen and oxygen atoms in total. The SMILES string of the molecule is Cc1c(N2C=CN(c3n(C)c4ccccc4[n+]3C)[C@@H]2C)n(C)c2nc3ccccc3n12. The molecule has 0 bridgehead atoms. The average molecular weight is 413 g/mol. The van der Waals surface area contributed by atoms with Gasteiger partial charge in [0, 0.05) is 13.2 Å². The highest BCUT2D eigenvalue weighted by Crippen LogP contribution is 2.34. The Balaban J connectivity index is 1.47. The number of hydrogen-bond acceptors (Lipinski definition) is 3. The predicted octanol–water partition coefficient (Wildman–Crippen LogP) is 3.59. The number of imidazole rings is 3. The van der Waals surface area contributed by atoms with E-state index in [2.05, 4.69) is 118 Å². The van der Waals surface area contributed by atoms with Crippen LogP contribution in [-0.2, 0) is 21.1 Å². The summed E-state index contributed by atoms with van der Waals surface area (Å²) < 4.78 is 8.97. The van der Waals surface area contributed by atoms with Gasteiger partial charge in [0.15, 0.2) is 6.17 Å². The minimum Gasteiger partial charge on any atom is -0.299 e. The van der Waals surface area contributed by atoms with Crippen LogP contribution in [0.5, 0.6) is 0 Å². The fourth-order valence-electron chi connectivity index (χ4n) is 5.19. The molecule has 1 aliphatic rings. The lowest BCUT2D eigenvalue weighted by Crippen LogP contribution is -2.44. The second kappa shape index (κ2) is 6.14. The summed E-state index contributed by atoms with van der Waals surface area (Å²) in [6, 6.07) is 16.8. The summed E-state index contributed by atoms with van der Waals surface area (Å²) in [7, 11) is 6.37. The second-order valence-electron chi connectivity index (χ2n) is 8.36. The van der Waals surface area contributed by atoms with E-state index in [1.807, 2.05) is 6.07 Å². The van der Waals surface area contributed by atoms with Gasteiger partial charge in [-0.05, 0) is 38.1 Å². The Morgan fingerprint density at radius 1 is 0.871 bits per heavy atom. The van der Waals surface area contributed by atoms with Crippen LogP contribution in [0.25, 0.3) is 27.8 Å². The third-order valence-electron chi connectivity index (χ3n) is 6.69. The van der Waals surface area contributed by atoms with Gasteiger partial charge in [0.2, 0.25) is 5.78 Å². The smallest absolute Gasteiger partial charge is 0.299 e. The van der Waals surface area contributed by atoms with Gasteiger partial charge in [-0.25, -0.2) is 19.0 Å². The maximum absolute atomic E-state index is 4.88. The molecule has 6 rings (SSSR count). The van der Waals surface area contributed by atoms with E-state index in [0.717, 1.165) is 28.6 Å². The lowest BCUT2D eigenvalue weighted by atomic mass is 10.3. The molecule has 2 aromatic carbocycles. The molecule has 1 atom stereocenters. The summed E-state index contributed by atoms with van der Waals surface area (Å²) in [5.41, 5.74) is 5.80. The van der Waals surface area contributed by atoms with Crippen LogP contribution in [-0.4, -0.2) is 24.7 Å². The van der Waals surface area contributed by atoms with Gasteiger partial charge in [0.25, 0.3) is 0 Å². The first kappa shape index (κ1) is 18.1. The summed E-state index contributed by atoms with van der Waals surface area (Å²) in [5, 5.41) is 0. The summed E-state index contributed by atoms with van der Waals surface area (Å²) in [4.78, 5) is 9.54. The molecular weight excluding hydrogens is 386 g/mol. The topological polar surface area (TPSA) is 37.5 Å². The van der Waals surface area contributed by atoms with Crippen molar-refractivity contribution in [3.63, 3.8) is 0 Å². The average Bonchev–Trinajstić information content (AvgIpc) is 3.47. The fraction of sp³-hybridized carbons (Fsp3) is 0.250. The van der Waals surface area contributed by atoms with Crippen molar-refractivity contribution in [1.29, 1.82) is 0 Å². The number of hydrogen-bond donors (Lipinski definition) is 0. The number of rotatable bonds is 2. The maximum atomic E-state index is 4.88. The van der Waals surface area contributed by atoms with E-state index in [1.165, 1.54) is 16.7 Å². The van der Waals surface area contributed by atoms with Gasteiger partial charge >= 0.3 is 5.95 Å². The zero-order valence-corrected chi connectivity index (χ0v) is 18.5. The minimum atomic E-state index is 0.123. The van der Waals surface area contributed by atoms with Gasteiger partial charge in [0.1, 0.15) is 16.9 Å². The van der Waals surface area contributed by atoms with Crippen LogP contribution >= 0.6 is 0 Å². The molecular formula is C24H26N7+. The van der Waals surface area contributed by atoms with E-state index in [9.17, 15) is 0 Å². The van der Waals surface area contributed by atoms with Crippen LogP contribution in [0.2, 0.25) is 0 Å². The number of nitrogens with zero attached hydrogens (tertiary/aromatic N) is 7. The quantitative estimate of drug-likeness (QED) is 0.416. The summed E-state index contributed by atoms with van der Waals surface area (Å²) >= 11 is 0. The number of benzene rings is 2. The zero-order chi connectivity index (χ0) is 21.4. The van der Waals surface area contributed by atoms with Crippen molar-refractivity contribution in [2.45, 2.75) is 20.0 Å². The Labute approximate surface area is 180 Å². The van der Waals surface area contributed by atoms with Crippen LogP contribution < -0.4 is 14.4 Å². The first-order chi connectivity index (χ1) is 15.0. The van der Waals surface area contributed by atoms with Crippen molar-refractivity contribution in [1.82, 2.24) is 18.5 Å². The molecule has 156 valence electrons. The number of fused-ring (bicyclic) bond motifs is 4. The van der Waals surface area contributed by atoms with E-state index in [-0.39, 0.29) is 6.17 Å². The van der Waals surface area contributed by atoms with E-state index in [1.54, 1.807) is 0 Å². The lowest BCUT2D eigenvalue weighted by molar-refractivity contribution is -0.632. The van der Waals surface area contributed by atoms with Crippen LogP contribution in [0, 0.1) is 6.92 Å². The van der Waals surface area contributed by atoms with Crippen LogP contribution in [0.1, 0.15) is 12.6 Å². The maximum Gasteiger partial charge on any atom is 0.366 e. The summed E-state index contributed by atoms with van der Waals surface area (Å²) in [6.45, 7) is 4.42. The Bertz CT molecular complexity index is 1470. The molecule has 4 heterocycles. The standard InChI is InChI=1S/C24H26N7/c1-16-22(28(5)23-25-18-10-6-7-11-19(18)31(16)23)29-14-15-30(17(29)2)24-26(3)20-12-8-9-13-21(20)27(24)4/h6-15,17H,1-5H3/q+1/t17-/m1/s1. The van der Waals surface area contributed by atoms with Crippen LogP contribution in [0.3, 0.4) is 0 Å². The number of para-hydroxylation sites is 4. The lowest BCUT2D eigenvalue weighted by Gasteiger charge is -2.26. The molecule has 3 aromatic heterocycles. The first-order valence-corrected chi connectivity index (χ1v) is 10.6. The van der Waals surface area contributed by atoms with Crippen molar-refractivity contribution in [3.8, 4) is 0 Å². The van der Waals surface area contributed by atoms with E-state index >= 15 is 0 Å². The van der Waals surface area contributed by atoms with E-state index in [4.69, 9.17) is 4.98 Å². The molecule has 31 heavy (non-hydrogen) atoms. The molecule has 0 saturated carbocycles. The normalized spacial score (nSPS) is 16.6. The molecule has 7 heteroatoms. The largest absolute Gasteiger partial charge is 0.366 e. The van der Waals surface area contributed by atoms with Crippen molar-refractivity contribution in [2.24, 2.45) is 21.1 Å². The molecule has 1 aliphatic heterocycles. The first-order valence-electron chi connectivity index (χ1n) is 10.6. The highest BCUT2D eigenvalue weighted by Gasteiger charge is 2.37. The molecule has 0 saturated heterocycles. The van der Waals surface area contributed by atoms with Crippen LogP contribution in [0.15, 0.2) is 60.9 Å². The number of aryl methyl sites for hydroxylation is 4. The zero-order valence-electron chi connectivity index (χ0n) is 18.5. The monoisotopic (exact) mass is 412 g/mol. The van der Waals surface area contributed by atoms with Gasteiger partial charge in [-0.2, -0.15) is 0 Å². The molecule has 0 radical (unpaired) electrons. The fourth-order valence-corrected chi connectivity index (χ4v) is 5.19. The Morgan fingerprint density at radius 3 is 2.32 bits per heavy atom. The van der Waals surface area contributed by atoms with Gasteiger partial charge < -0.3 is 0 Å². The minimum absolute atomic E-state index is 0.123. The van der Waals surface area contributed by atoms with Crippen molar-refractivity contribution in [2.75, 3.05) is 9.80 Å². The van der Waals surface area contributed by atoms with Gasteiger partial charge in [0.05, 0.1) is 37.0 Å². The van der Waals surface area contributed by atoms with Crippen molar-refractivity contribution >= 4 is 39.6 Å². The number of aromatic nitrogens is 5. The molecule has 0 aliphatic carbocycles. The highest BCUT2D eigenvalue weighted by atomic mass is 15.5. The highest BCUT2D eigenvalue weighted by molar-refractivity contribution is 5.82. The third kappa shape index (κ3) is 2.23. The Morgan fingerprint density at radius 2 is 1.55 bits per heavy atom.